The summed E-state index contributed by atoms with van der Waals surface area (Å²) in [5, 5.41) is 11.5. The predicted octanol–water partition coefficient (Wildman–Crippen LogP) is 1.30. The van der Waals surface area contributed by atoms with Crippen molar-refractivity contribution >= 4 is 16.7 Å². The Labute approximate surface area is 127 Å². The minimum atomic E-state index is -0.824. The summed E-state index contributed by atoms with van der Waals surface area (Å²) in [6.45, 7) is 2.81. The van der Waals surface area contributed by atoms with Crippen LogP contribution < -0.4 is 5.56 Å². The molecule has 0 spiro atoms. The molecule has 0 aliphatic carbocycles. The SMILES string of the molecule is CCC1(O)CCCN(C(=O)c2cc3ccncc3c(=O)[nH]2)C1. The van der Waals surface area contributed by atoms with Crippen LogP contribution in [0, 0.1) is 0 Å². The molecule has 1 aliphatic rings. The number of aromatic nitrogens is 2. The van der Waals surface area contributed by atoms with Gasteiger partial charge in [-0.05, 0) is 36.8 Å². The lowest BCUT2D eigenvalue weighted by Gasteiger charge is -2.38. The zero-order valence-corrected chi connectivity index (χ0v) is 12.5. The molecule has 1 saturated heterocycles. The highest BCUT2D eigenvalue weighted by atomic mass is 16.3. The van der Waals surface area contributed by atoms with Gasteiger partial charge in [-0.15, -0.1) is 0 Å². The molecule has 2 N–H and O–H groups in total. The normalized spacial score (nSPS) is 22.0. The Kier molecular flexibility index (Phi) is 3.70. The molecule has 0 saturated carbocycles. The molecule has 6 nitrogen and oxygen atoms in total. The van der Waals surface area contributed by atoms with Gasteiger partial charge in [-0.2, -0.15) is 0 Å². The molecule has 6 heteroatoms. The molecular formula is C16H19N3O3. The third kappa shape index (κ3) is 2.62. The fourth-order valence-electron chi connectivity index (χ4n) is 2.96. The van der Waals surface area contributed by atoms with E-state index in [1.165, 1.54) is 6.20 Å². The highest BCUT2D eigenvalue weighted by Crippen LogP contribution is 2.25. The van der Waals surface area contributed by atoms with Gasteiger partial charge in [-0.25, -0.2) is 0 Å². The summed E-state index contributed by atoms with van der Waals surface area (Å²) in [7, 11) is 0. The summed E-state index contributed by atoms with van der Waals surface area (Å²) in [5.74, 6) is -0.248. The standard InChI is InChI=1S/C16H19N3O3/c1-2-16(22)5-3-7-19(10-16)15(21)13-8-11-4-6-17-9-12(11)14(20)18-13/h4,6,8-9,22H,2-3,5,7,10H2,1H3,(H,18,20). The highest BCUT2D eigenvalue weighted by Gasteiger charge is 2.34. The van der Waals surface area contributed by atoms with Crippen LogP contribution >= 0.6 is 0 Å². The maximum Gasteiger partial charge on any atom is 0.270 e. The van der Waals surface area contributed by atoms with Crippen LogP contribution in [0.2, 0.25) is 0 Å². The Morgan fingerprint density at radius 2 is 2.36 bits per heavy atom. The van der Waals surface area contributed by atoms with E-state index in [0.717, 1.165) is 6.42 Å². The summed E-state index contributed by atoms with van der Waals surface area (Å²) < 4.78 is 0. The lowest BCUT2D eigenvalue weighted by atomic mass is 9.90. The maximum atomic E-state index is 12.6. The fourth-order valence-corrected chi connectivity index (χ4v) is 2.96. The van der Waals surface area contributed by atoms with Crippen molar-refractivity contribution in [2.45, 2.75) is 31.8 Å². The maximum absolute atomic E-state index is 12.6. The molecule has 3 heterocycles. The van der Waals surface area contributed by atoms with Crippen molar-refractivity contribution in [1.82, 2.24) is 14.9 Å². The van der Waals surface area contributed by atoms with Gasteiger partial charge in [-0.3, -0.25) is 14.6 Å². The number of likely N-dealkylation sites (tertiary alicyclic amines) is 1. The van der Waals surface area contributed by atoms with Crippen LogP contribution in [0.5, 0.6) is 0 Å². The average molecular weight is 301 g/mol. The van der Waals surface area contributed by atoms with Crippen LogP contribution in [0.25, 0.3) is 10.8 Å². The topological polar surface area (TPSA) is 86.3 Å². The molecule has 0 bridgehead atoms. The van der Waals surface area contributed by atoms with Gasteiger partial charge in [0.05, 0.1) is 11.0 Å². The Balaban J connectivity index is 1.94. The lowest BCUT2D eigenvalue weighted by molar-refractivity contribution is -0.0271. The molecular weight excluding hydrogens is 282 g/mol. The van der Waals surface area contributed by atoms with Gasteiger partial charge in [0.15, 0.2) is 0 Å². The molecule has 3 rings (SSSR count). The zero-order valence-electron chi connectivity index (χ0n) is 12.5. The lowest BCUT2D eigenvalue weighted by Crippen LogP contribution is -2.50. The number of aromatic amines is 1. The number of hydrogen-bond donors (Lipinski definition) is 2. The van der Waals surface area contributed by atoms with E-state index in [0.29, 0.717) is 36.7 Å². The van der Waals surface area contributed by atoms with Crippen molar-refractivity contribution < 1.29 is 9.90 Å². The van der Waals surface area contributed by atoms with Crippen LogP contribution in [0.15, 0.2) is 29.3 Å². The third-order valence-corrected chi connectivity index (χ3v) is 4.38. The monoisotopic (exact) mass is 301 g/mol. The molecule has 1 amide bonds. The number of fused-ring (bicyclic) bond motifs is 1. The molecule has 116 valence electrons. The minimum Gasteiger partial charge on any atom is -0.388 e. The van der Waals surface area contributed by atoms with Gasteiger partial charge >= 0.3 is 0 Å². The smallest absolute Gasteiger partial charge is 0.270 e. The predicted molar refractivity (Wildman–Crippen MR) is 82.7 cm³/mol. The highest BCUT2D eigenvalue weighted by molar-refractivity contribution is 5.96. The van der Waals surface area contributed by atoms with Crippen LogP contribution in [-0.2, 0) is 0 Å². The number of β-amino-alcohol motifs (C(OH)–C–C–N with tert-alkyl or cyclic N) is 1. The largest absolute Gasteiger partial charge is 0.388 e. The van der Waals surface area contributed by atoms with Crippen molar-refractivity contribution in [1.29, 1.82) is 0 Å². The van der Waals surface area contributed by atoms with Gasteiger partial charge in [0.25, 0.3) is 11.5 Å². The first kappa shape index (κ1) is 14.7. The molecule has 2 aromatic rings. The van der Waals surface area contributed by atoms with Crippen molar-refractivity contribution in [3.05, 3.63) is 40.6 Å². The molecule has 1 atom stereocenters. The quantitative estimate of drug-likeness (QED) is 0.875. The van der Waals surface area contributed by atoms with Gasteiger partial charge in [0, 0.05) is 25.5 Å². The Morgan fingerprint density at radius 3 is 3.14 bits per heavy atom. The van der Waals surface area contributed by atoms with Crippen molar-refractivity contribution in [3.63, 3.8) is 0 Å². The summed E-state index contributed by atoms with van der Waals surface area (Å²) in [5.41, 5.74) is -0.893. The number of hydrogen-bond acceptors (Lipinski definition) is 4. The first-order valence-electron chi connectivity index (χ1n) is 7.51. The van der Waals surface area contributed by atoms with Crippen molar-refractivity contribution in [2.24, 2.45) is 0 Å². The molecule has 0 aromatic carbocycles. The Morgan fingerprint density at radius 1 is 1.55 bits per heavy atom. The number of carbonyl (C=O) groups is 1. The number of piperidine rings is 1. The molecule has 1 unspecified atom stereocenters. The summed E-state index contributed by atoms with van der Waals surface area (Å²) in [4.78, 5) is 32.8. The van der Waals surface area contributed by atoms with E-state index in [2.05, 4.69) is 9.97 Å². The number of carbonyl (C=O) groups excluding carboxylic acids is 1. The van der Waals surface area contributed by atoms with Crippen LogP contribution in [0.3, 0.4) is 0 Å². The number of amides is 1. The van der Waals surface area contributed by atoms with Crippen molar-refractivity contribution in [2.75, 3.05) is 13.1 Å². The fraction of sp³-hybridized carbons (Fsp3) is 0.438. The Hall–Kier alpha value is -2.21. The van der Waals surface area contributed by atoms with E-state index in [-0.39, 0.29) is 17.2 Å². The summed E-state index contributed by atoms with van der Waals surface area (Å²) in [6, 6.07) is 3.38. The second-order valence-corrected chi connectivity index (χ2v) is 5.88. The summed E-state index contributed by atoms with van der Waals surface area (Å²) in [6.07, 6.45) is 5.15. The second-order valence-electron chi connectivity index (χ2n) is 5.88. The van der Waals surface area contributed by atoms with Gasteiger partial charge in [0.2, 0.25) is 0 Å². The number of nitrogens with one attached hydrogen (secondary N) is 1. The Bertz CT molecular complexity index is 771. The van der Waals surface area contributed by atoms with E-state index in [4.69, 9.17) is 0 Å². The average Bonchev–Trinajstić information content (AvgIpc) is 2.54. The number of H-pyrrole nitrogens is 1. The molecule has 22 heavy (non-hydrogen) atoms. The first-order chi connectivity index (χ1) is 10.5. The molecule has 2 aromatic heterocycles. The second kappa shape index (κ2) is 5.53. The van der Waals surface area contributed by atoms with E-state index >= 15 is 0 Å². The number of nitrogens with zero attached hydrogens (tertiary/aromatic N) is 2. The number of aliphatic hydroxyl groups is 1. The third-order valence-electron chi connectivity index (χ3n) is 4.38. The van der Waals surface area contributed by atoms with E-state index < -0.39 is 5.60 Å². The zero-order chi connectivity index (χ0) is 15.7. The van der Waals surface area contributed by atoms with E-state index in [1.807, 2.05) is 6.92 Å². The number of pyridine rings is 2. The molecule has 1 fully saturated rings. The summed E-state index contributed by atoms with van der Waals surface area (Å²) >= 11 is 0. The van der Waals surface area contributed by atoms with E-state index in [1.54, 1.807) is 23.2 Å². The van der Waals surface area contributed by atoms with E-state index in [9.17, 15) is 14.7 Å². The minimum absolute atomic E-state index is 0.248. The first-order valence-corrected chi connectivity index (χ1v) is 7.51. The number of rotatable bonds is 2. The van der Waals surface area contributed by atoms with Gasteiger partial charge < -0.3 is 15.0 Å². The van der Waals surface area contributed by atoms with Crippen LogP contribution in [0.4, 0.5) is 0 Å². The van der Waals surface area contributed by atoms with Crippen molar-refractivity contribution in [3.8, 4) is 0 Å². The molecule has 0 radical (unpaired) electrons. The van der Waals surface area contributed by atoms with Crippen LogP contribution in [-0.4, -0.2) is 44.6 Å². The van der Waals surface area contributed by atoms with Gasteiger partial charge in [0.1, 0.15) is 5.69 Å². The van der Waals surface area contributed by atoms with Crippen LogP contribution in [0.1, 0.15) is 36.7 Å². The molecule has 1 aliphatic heterocycles. The van der Waals surface area contributed by atoms with Gasteiger partial charge in [-0.1, -0.05) is 6.92 Å².